The lowest BCUT2D eigenvalue weighted by Crippen LogP contribution is -2.08. The molecule has 0 atom stereocenters. The summed E-state index contributed by atoms with van der Waals surface area (Å²) < 4.78 is 9.11. The summed E-state index contributed by atoms with van der Waals surface area (Å²) in [6, 6.07) is 0. The maximum absolute atomic E-state index is 11.3. The molecular weight excluding hydrogens is 204 g/mol. The van der Waals surface area contributed by atoms with Crippen LogP contribution in [-0.4, -0.2) is 26.2 Å². The lowest BCUT2D eigenvalue weighted by Gasteiger charge is -1.97. The van der Waals surface area contributed by atoms with E-state index in [4.69, 9.17) is 0 Å². The molecule has 0 aromatic carbocycles. The number of esters is 2. The Morgan fingerprint density at radius 2 is 1.43 bits per heavy atom. The summed E-state index contributed by atoms with van der Waals surface area (Å²) >= 11 is 0. The Kier molecular flexibility index (Phi) is 3.24. The predicted molar refractivity (Wildman–Crippen MR) is 52.6 cm³/mol. The van der Waals surface area contributed by atoms with E-state index in [1.54, 1.807) is 10.8 Å². The third kappa shape index (κ3) is 1.93. The Morgan fingerprint density at radius 3 is 1.71 bits per heavy atom. The summed E-state index contributed by atoms with van der Waals surface area (Å²) in [5.74, 6) is -1.00. The zero-order chi connectivity index (χ0) is 10.7. The number of ether oxygens (including phenoxy) is 2. The fraction of sp³-hybridized carbons (Fsp3) is 0.333. The van der Waals surface area contributed by atoms with Crippen LogP contribution in [0.15, 0.2) is 10.8 Å². The first-order valence-electron chi connectivity index (χ1n) is 3.84. The van der Waals surface area contributed by atoms with Crippen molar-refractivity contribution in [3.05, 3.63) is 21.9 Å². The van der Waals surface area contributed by atoms with Crippen molar-refractivity contribution in [1.29, 1.82) is 0 Å². The molecule has 0 radical (unpaired) electrons. The smallest absolute Gasteiger partial charge is 0.343 e. The molecule has 0 amide bonds. The van der Waals surface area contributed by atoms with Crippen molar-refractivity contribution in [3.63, 3.8) is 0 Å². The summed E-state index contributed by atoms with van der Waals surface area (Å²) in [5.41, 5.74) is 0.593. The van der Waals surface area contributed by atoms with Gasteiger partial charge in [0, 0.05) is 0 Å². The highest BCUT2D eigenvalue weighted by Crippen LogP contribution is 2.24. The number of thiophene rings is 1. The van der Waals surface area contributed by atoms with Crippen LogP contribution in [0, 0.1) is 0 Å². The molecule has 1 aromatic rings. The van der Waals surface area contributed by atoms with E-state index >= 15 is 0 Å². The van der Waals surface area contributed by atoms with Gasteiger partial charge in [-0.15, -0.1) is 0 Å². The minimum absolute atomic E-state index is 0.203. The van der Waals surface area contributed by atoms with Gasteiger partial charge in [-0.2, -0.15) is 0 Å². The number of hydrogen-bond donors (Lipinski definition) is 0. The highest BCUT2D eigenvalue weighted by molar-refractivity contribution is 7.26. The molecule has 0 aliphatic rings. The van der Waals surface area contributed by atoms with Crippen LogP contribution >= 0.6 is 10.5 Å². The van der Waals surface area contributed by atoms with Gasteiger partial charge in [0.1, 0.15) is 17.4 Å². The van der Waals surface area contributed by atoms with Crippen LogP contribution in [0.5, 0.6) is 0 Å². The zero-order valence-electron chi connectivity index (χ0n) is 8.20. The van der Waals surface area contributed by atoms with Gasteiger partial charge in [0.25, 0.3) is 0 Å². The summed E-state index contributed by atoms with van der Waals surface area (Å²) in [5, 5.41) is 3.41. The predicted octanol–water partition coefficient (Wildman–Crippen LogP) is 1.55. The van der Waals surface area contributed by atoms with Crippen LogP contribution in [-0.2, 0) is 15.7 Å². The number of carbonyl (C=O) groups excluding carboxylic acids is 2. The largest absolute Gasteiger partial charge is 0.465 e. The molecule has 76 valence electrons. The van der Waals surface area contributed by atoms with E-state index < -0.39 is 11.9 Å². The minimum Gasteiger partial charge on any atom is -0.465 e. The normalized spacial score (nSPS) is 9.64. The summed E-state index contributed by atoms with van der Waals surface area (Å²) in [6.45, 7) is 0. The molecule has 1 heterocycles. The second kappa shape index (κ2) is 4.23. The number of methoxy groups -OCH3 is 2. The zero-order valence-corrected chi connectivity index (χ0v) is 9.01. The Balaban J connectivity index is 3.15. The van der Waals surface area contributed by atoms with Gasteiger partial charge in [-0.25, -0.2) is 9.59 Å². The third-order valence-corrected chi connectivity index (χ3v) is 2.92. The average Bonchev–Trinajstić information content (AvgIpc) is 2.58. The van der Waals surface area contributed by atoms with E-state index in [1.807, 2.05) is 6.26 Å². The number of hydrogen-bond acceptors (Lipinski definition) is 4. The summed E-state index contributed by atoms with van der Waals surface area (Å²) in [4.78, 5) is 22.5. The maximum atomic E-state index is 11.3. The molecule has 14 heavy (non-hydrogen) atoms. The van der Waals surface area contributed by atoms with Crippen LogP contribution in [0.2, 0.25) is 0 Å². The number of carbonyl (C=O) groups is 2. The fourth-order valence-corrected chi connectivity index (χ4v) is 2.33. The van der Waals surface area contributed by atoms with Gasteiger partial charge >= 0.3 is 11.9 Å². The highest BCUT2D eigenvalue weighted by atomic mass is 32.2. The van der Waals surface area contributed by atoms with Crippen LogP contribution in [0.1, 0.15) is 20.7 Å². The van der Waals surface area contributed by atoms with Crippen LogP contribution < -0.4 is 0 Å². The molecule has 0 N–H and O–H groups in total. The SMILES string of the molecule is COC(=O)c1c[s+](C)cc1C(=O)OC. The van der Waals surface area contributed by atoms with Crippen LogP contribution in [0.3, 0.4) is 0 Å². The van der Waals surface area contributed by atoms with Crippen molar-refractivity contribution in [2.24, 2.45) is 6.26 Å². The molecule has 0 saturated heterocycles. The maximum Gasteiger partial charge on any atom is 0.343 e. The summed E-state index contributed by atoms with van der Waals surface area (Å²) in [7, 11) is 2.36. The van der Waals surface area contributed by atoms with Gasteiger partial charge in [0.15, 0.2) is 10.8 Å². The van der Waals surface area contributed by atoms with Crippen molar-refractivity contribution in [2.45, 2.75) is 0 Å². The van der Waals surface area contributed by atoms with E-state index in [0.717, 1.165) is 0 Å². The second-order valence-corrected chi connectivity index (χ2v) is 4.34. The molecule has 5 heteroatoms. The van der Waals surface area contributed by atoms with E-state index in [2.05, 4.69) is 9.47 Å². The van der Waals surface area contributed by atoms with Crippen molar-refractivity contribution in [1.82, 2.24) is 0 Å². The van der Waals surface area contributed by atoms with Gasteiger partial charge in [-0.05, 0) is 10.5 Å². The number of rotatable bonds is 2. The molecule has 1 aromatic heterocycles. The molecule has 0 bridgehead atoms. The molecule has 0 aliphatic heterocycles. The minimum atomic E-state index is -0.501. The molecular formula is C9H11O4S+. The van der Waals surface area contributed by atoms with Crippen molar-refractivity contribution in [2.75, 3.05) is 14.2 Å². The van der Waals surface area contributed by atoms with Gasteiger partial charge in [-0.3, -0.25) is 0 Å². The molecule has 0 saturated carbocycles. The lowest BCUT2D eigenvalue weighted by atomic mass is 10.2. The van der Waals surface area contributed by atoms with Crippen LogP contribution in [0.25, 0.3) is 0 Å². The molecule has 1 rings (SSSR count). The molecule has 4 nitrogen and oxygen atoms in total. The van der Waals surface area contributed by atoms with E-state index in [-0.39, 0.29) is 10.5 Å². The molecule has 0 fully saturated rings. The Labute approximate surface area is 84.4 Å². The Bertz CT molecular complexity index is 333. The first kappa shape index (κ1) is 10.7. The fourth-order valence-electron chi connectivity index (χ4n) is 1.07. The molecule has 0 spiro atoms. The standard InChI is InChI=1S/C9H11O4S/c1-12-8(10)6-4-14(3)5-7(6)9(11)13-2/h4-5H,1-3H3/q+1. The quantitative estimate of drug-likeness (QED) is 0.554. The average molecular weight is 215 g/mol. The third-order valence-electron chi connectivity index (χ3n) is 1.71. The number of aryl methyl sites for hydroxylation is 1. The monoisotopic (exact) mass is 215 g/mol. The van der Waals surface area contributed by atoms with E-state index in [1.165, 1.54) is 14.2 Å². The van der Waals surface area contributed by atoms with E-state index in [0.29, 0.717) is 11.1 Å². The highest BCUT2D eigenvalue weighted by Gasteiger charge is 2.25. The van der Waals surface area contributed by atoms with Crippen LogP contribution in [0.4, 0.5) is 0 Å². The van der Waals surface area contributed by atoms with Gasteiger partial charge < -0.3 is 9.47 Å². The molecule has 0 aliphatic carbocycles. The first-order valence-corrected chi connectivity index (χ1v) is 5.60. The van der Waals surface area contributed by atoms with Gasteiger partial charge in [0.2, 0.25) is 0 Å². The van der Waals surface area contributed by atoms with Gasteiger partial charge in [-0.1, -0.05) is 0 Å². The lowest BCUT2D eigenvalue weighted by molar-refractivity contribution is 0.0556. The topological polar surface area (TPSA) is 52.6 Å². The molecule has 0 unspecified atom stereocenters. The van der Waals surface area contributed by atoms with Crippen molar-refractivity contribution in [3.8, 4) is 0 Å². The Morgan fingerprint density at radius 1 is 1.07 bits per heavy atom. The Hall–Kier alpha value is -1.36. The summed E-state index contributed by atoms with van der Waals surface area (Å²) in [6.07, 6.45) is 1.90. The second-order valence-electron chi connectivity index (χ2n) is 2.65. The van der Waals surface area contributed by atoms with Gasteiger partial charge in [0.05, 0.1) is 14.2 Å². The van der Waals surface area contributed by atoms with E-state index in [9.17, 15) is 9.59 Å². The van der Waals surface area contributed by atoms with Crippen molar-refractivity contribution < 1.29 is 19.1 Å². The first-order chi connectivity index (χ1) is 6.60. The van der Waals surface area contributed by atoms with Crippen molar-refractivity contribution >= 4 is 22.4 Å².